The van der Waals surface area contributed by atoms with Crippen molar-refractivity contribution in [2.45, 2.75) is 11.7 Å². The minimum Gasteiger partial charge on any atom is -0.461 e. The first-order chi connectivity index (χ1) is 14.6. The number of thioether (sulfide) groups is 1. The van der Waals surface area contributed by atoms with Gasteiger partial charge >= 0.3 is 0 Å². The number of nitrogens with zero attached hydrogens (tertiary/aromatic N) is 3. The average molecular weight is 443 g/mol. The topological polar surface area (TPSA) is 73.0 Å². The Morgan fingerprint density at radius 2 is 1.97 bits per heavy atom. The van der Waals surface area contributed by atoms with E-state index >= 15 is 0 Å². The lowest BCUT2D eigenvalue weighted by molar-refractivity contribution is -0.113. The molecule has 30 heavy (non-hydrogen) atoms. The summed E-state index contributed by atoms with van der Waals surface area (Å²) < 4.78 is 20.9. The maximum atomic E-state index is 13.6. The molecule has 0 radical (unpaired) electrons. The van der Waals surface area contributed by atoms with Gasteiger partial charge in [0.15, 0.2) is 10.9 Å². The van der Waals surface area contributed by atoms with Gasteiger partial charge in [-0.1, -0.05) is 53.7 Å². The van der Waals surface area contributed by atoms with Gasteiger partial charge in [0.05, 0.1) is 23.6 Å². The second-order valence-corrected chi connectivity index (χ2v) is 7.67. The average Bonchev–Trinajstić information content (AvgIpc) is 3.40. The standard InChI is InChI=1S/C21H16ClFN4O2S/c22-16-9-8-15(11-17(16)23)24-19(28)13-30-21-26-25-20(18-7-4-10-29-18)27(21)12-14-5-2-1-3-6-14/h1-11H,12-13H2,(H,24,28). The van der Waals surface area contributed by atoms with Gasteiger partial charge in [0.2, 0.25) is 11.7 Å². The van der Waals surface area contributed by atoms with Crippen molar-refractivity contribution in [1.82, 2.24) is 14.8 Å². The molecule has 9 heteroatoms. The van der Waals surface area contributed by atoms with Crippen LogP contribution in [0.15, 0.2) is 76.5 Å². The molecule has 0 saturated carbocycles. The summed E-state index contributed by atoms with van der Waals surface area (Å²) in [6.07, 6.45) is 1.57. The van der Waals surface area contributed by atoms with E-state index in [0.29, 0.717) is 29.0 Å². The van der Waals surface area contributed by atoms with E-state index in [1.807, 2.05) is 41.0 Å². The van der Waals surface area contributed by atoms with Gasteiger partial charge in [0.1, 0.15) is 5.82 Å². The van der Waals surface area contributed by atoms with E-state index in [0.717, 1.165) is 5.56 Å². The molecule has 0 saturated heterocycles. The Morgan fingerprint density at radius 3 is 2.70 bits per heavy atom. The highest BCUT2D eigenvalue weighted by Crippen LogP contribution is 2.26. The molecule has 2 aromatic carbocycles. The van der Waals surface area contributed by atoms with E-state index < -0.39 is 5.82 Å². The normalized spacial score (nSPS) is 10.9. The van der Waals surface area contributed by atoms with Gasteiger partial charge in [0, 0.05) is 5.69 Å². The lowest BCUT2D eigenvalue weighted by Gasteiger charge is -2.10. The van der Waals surface area contributed by atoms with Crippen LogP contribution in [0.3, 0.4) is 0 Å². The lowest BCUT2D eigenvalue weighted by atomic mass is 10.2. The minimum atomic E-state index is -0.590. The van der Waals surface area contributed by atoms with Gasteiger partial charge in [-0.15, -0.1) is 10.2 Å². The lowest BCUT2D eigenvalue weighted by Crippen LogP contribution is -2.15. The van der Waals surface area contributed by atoms with Crippen molar-refractivity contribution in [1.29, 1.82) is 0 Å². The Kier molecular flexibility index (Phi) is 6.15. The molecule has 0 aliphatic carbocycles. The monoisotopic (exact) mass is 442 g/mol. The summed E-state index contributed by atoms with van der Waals surface area (Å²) in [5, 5.41) is 11.7. The van der Waals surface area contributed by atoms with Gasteiger partial charge in [-0.3, -0.25) is 9.36 Å². The summed E-state index contributed by atoms with van der Waals surface area (Å²) in [7, 11) is 0. The fraction of sp³-hybridized carbons (Fsp3) is 0.0952. The van der Waals surface area contributed by atoms with Crippen LogP contribution in [0.5, 0.6) is 0 Å². The maximum Gasteiger partial charge on any atom is 0.234 e. The van der Waals surface area contributed by atoms with Gasteiger partial charge in [0.25, 0.3) is 0 Å². The molecule has 0 aliphatic heterocycles. The van der Waals surface area contributed by atoms with Crippen molar-refractivity contribution < 1.29 is 13.6 Å². The molecule has 0 aliphatic rings. The van der Waals surface area contributed by atoms with E-state index in [1.54, 1.807) is 18.4 Å². The number of nitrogens with one attached hydrogen (secondary N) is 1. The third-order valence-corrected chi connectivity index (χ3v) is 5.45. The minimum absolute atomic E-state index is 0.00171. The molecule has 152 valence electrons. The Hall–Kier alpha value is -3.10. The first-order valence-corrected chi connectivity index (χ1v) is 10.4. The van der Waals surface area contributed by atoms with Crippen molar-refractivity contribution in [3.05, 3.63) is 83.3 Å². The number of benzene rings is 2. The zero-order valence-corrected chi connectivity index (χ0v) is 17.2. The summed E-state index contributed by atoms with van der Waals surface area (Å²) in [5.41, 5.74) is 1.40. The molecule has 2 aromatic heterocycles. The Balaban J connectivity index is 1.50. The Labute approximate surface area is 181 Å². The molecule has 4 rings (SSSR count). The molecular formula is C21H16ClFN4O2S. The molecule has 0 spiro atoms. The number of carbonyl (C=O) groups is 1. The van der Waals surface area contributed by atoms with Gasteiger partial charge in [-0.2, -0.15) is 0 Å². The van der Waals surface area contributed by atoms with Gasteiger partial charge in [-0.25, -0.2) is 4.39 Å². The third kappa shape index (κ3) is 4.72. The molecule has 0 fully saturated rings. The fourth-order valence-corrected chi connectivity index (χ4v) is 3.65. The van der Waals surface area contributed by atoms with Crippen LogP contribution in [-0.4, -0.2) is 26.4 Å². The van der Waals surface area contributed by atoms with Gasteiger partial charge in [-0.05, 0) is 35.9 Å². The molecule has 4 aromatic rings. The summed E-state index contributed by atoms with van der Waals surface area (Å²) in [5.74, 6) is 0.358. The predicted octanol–water partition coefficient (Wildman–Crippen LogP) is 5.11. The summed E-state index contributed by atoms with van der Waals surface area (Å²) >= 11 is 6.90. The zero-order valence-electron chi connectivity index (χ0n) is 15.6. The van der Waals surface area contributed by atoms with E-state index in [9.17, 15) is 9.18 Å². The number of rotatable bonds is 7. The quantitative estimate of drug-likeness (QED) is 0.402. The maximum absolute atomic E-state index is 13.6. The SMILES string of the molecule is O=C(CSc1nnc(-c2ccco2)n1Cc1ccccc1)Nc1ccc(Cl)c(F)c1. The number of hydrogen-bond donors (Lipinski definition) is 1. The summed E-state index contributed by atoms with van der Waals surface area (Å²) in [6, 6.07) is 17.6. The molecule has 0 bridgehead atoms. The predicted molar refractivity (Wildman–Crippen MR) is 114 cm³/mol. The first-order valence-electron chi connectivity index (χ1n) is 8.99. The van der Waals surface area contributed by atoms with Crippen LogP contribution in [0.25, 0.3) is 11.6 Å². The van der Waals surface area contributed by atoms with Crippen LogP contribution >= 0.6 is 23.4 Å². The van der Waals surface area contributed by atoms with E-state index in [-0.39, 0.29) is 16.7 Å². The highest BCUT2D eigenvalue weighted by Gasteiger charge is 2.18. The number of anilines is 1. The van der Waals surface area contributed by atoms with Crippen LogP contribution in [0.2, 0.25) is 5.02 Å². The molecule has 1 N–H and O–H groups in total. The molecule has 1 amide bonds. The van der Waals surface area contributed by atoms with Crippen molar-refractivity contribution in [2.24, 2.45) is 0 Å². The van der Waals surface area contributed by atoms with Crippen molar-refractivity contribution in [3.63, 3.8) is 0 Å². The van der Waals surface area contributed by atoms with Crippen LogP contribution in [0.4, 0.5) is 10.1 Å². The largest absolute Gasteiger partial charge is 0.461 e. The number of halogens is 2. The number of carbonyl (C=O) groups excluding carboxylic acids is 1. The van der Waals surface area contributed by atoms with Crippen molar-refractivity contribution in [3.8, 4) is 11.6 Å². The van der Waals surface area contributed by atoms with Crippen LogP contribution in [0, 0.1) is 5.82 Å². The van der Waals surface area contributed by atoms with Crippen molar-refractivity contribution >= 4 is 35.0 Å². The number of hydrogen-bond acceptors (Lipinski definition) is 5. The van der Waals surface area contributed by atoms with Crippen molar-refractivity contribution in [2.75, 3.05) is 11.1 Å². The van der Waals surface area contributed by atoms with Crippen LogP contribution in [0.1, 0.15) is 5.56 Å². The molecule has 0 atom stereocenters. The molecule has 2 heterocycles. The third-order valence-electron chi connectivity index (χ3n) is 4.18. The van der Waals surface area contributed by atoms with Crippen LogP contribution in [-0.2, 0) is 11.3 Å². The first kappa shape index (κ1) is 20.2. The summed E-state index contributed by atoms with van der Waals surface area (Å²) in [6.45, 7) is 0.524. The van der Waals surface area contributed by atoms with Crippen LogP contribution < -0.4 is 5.32 Å². The summed E-state index contributed by atoms with van der Waals surface area (Å²) in [4.78, 5) is 12.3. The van der Waals surface area contributed by atoms with E-state index in [2.05, 4.69) is 15.5 Å². The van der Waals surface area contributed by atoms with E-state index in [1.165, 1.54) is 23.9 Å². The van der Waals surface area contributed by atoms with E-state index in [4.69, 9.17) is 16.0 Å². The fourth-order valence-electron chi connectivity index (χ4n) is 2.79. The Morgan fingerprint density at radius 1 is 1.13 bits per heavy atom. The second kappa shape index (κ2) is 9.15. The number of furan rings is 1. The molecule has 0 unspecified atom stereocenters. The molecular weight excluding hydrogens is 427 g/mol. The zero-order chi connectivity index (χ0) is 20.9. The highest BCUT2D eigenvalue weighted by atomic mass is 35.5. The Bertz CT molecular complexity index is 1150. The molecule has 6 nitrogen and oxygen atoms in total. The smallest absolute Gasteiger partial charge is 0.234 e. The number of aromatic nitrogens is 3. The number of amides is 1. The van der Waals surface area contributed by atoms with Gasteiger partial charge < -0.3 is 9.73 Å². The highest BCUT2D eigenvalue weighted by molar-refractivity contribution is 7.99. The second-order valence-electron chi connectivity index (χ2n) is 6.32.